The van der Waals surface area contributed by atoms with Crippen LogP contribution in [0, 0.1) is 0 Å². The topological polar surface area (TPSA) is 38.7 Å². The van der Waals surface area contributed by atoms with Crippen LogP contribution in [0.1, 0.15) is 22.3 Å². The second-order valence-electron chi connectivity index (χ2n) is 16.2. The summed E-state index contributed by atoms with van der Waals surface area (Å²) in [4.78, 5) is 16.5. The van der Waals surface area contributed by atoms with Crippen LogP contribution in [0.3, 0.4) is 0 Å². The second kappa shape index (κ2) is 13.6. The van der Waals surface area contributed by atoms with Crippen molar-refractivity contribution in [1.29, 1.82) is 0 Å². The van der Waals surface area contributed by atoms with Gasteiger partial charge in [0.1, 0.15) is 0 Å². The Morgan fingerprint density at radius 3 is 1.44 bits per heavy atom. The number of hydrogen-bond donors (Lipinski definition) is 0. The summed E-state index contributed by atoms with van der Waals surface area (Å²) in [5, 5.41) is 2.45. The van der Waals surface area contributed by atoms with Crippen molar-refractivity contribution in [3.8, 4) is 78.7 Å². The third kappa shape index (κ3) is 5.08. The van der Waals surface area contributed by atoms with Gasteiger partial charge in [0, 0.05) is 36.9 Å². The number of hydrogen-bond acceptors (Lipinski definition) is 4. The number of nitrogens with zero attached hydrogens (tertiary/aromatic N) is 3. The van der Waals surface area contributed by atoms with E-state index >= 15 is 0 Å². The van der Waals surface area contributed by atoms with Crippen LogP contribution in [0.4, 0.5) is 0 Å². The molecule has 2 heterocycles. The van der Waals surface area contributed by atoms with Gasteiger partial charge in [-0.25, -0.2) is 15.0 Å². The molecule has 62 heavy (non-hydrogen) atoms. The summed E-state index contributed by atoms with van der Waals surface area (Å²) in [5.41, 5.74) is 17.0. The number of aromatic nitrogens is 3. The van der Waals surface area contributed by atoms with Gasteiger partial charge < -0.3 is 0 Å². The van der Waals surface area contributed by atoms with Gasteiger partial charge in [0.15, 0.2) is 17.5 Å². The molecule has 0 saturated heterocycles. The molecule has 0 saturated carbocycles. The summed E-state index contributed by atoms with van der Waals surface area (Å²) in [6.07, 6.45) is 0. The van der Waals surface area contributed by atoms with Crippen LogP contribution in [0.5, 0.6) is 0 Å². The van der Waals surface area contributed by atoms with Gasteiger partial charge in [-0.05, 0) is 97.1 Å². The molecule has 0 unspecified atom stereocenters. The van der Waals surface area contributed by atoms with E-state index in [1.165, 1.54) is 64.7 Å². The molecule has 2 aromatic heterocycles. The molecule has 9 aromatic carbocycles. The average Bonchev–Trinajstić information content (AvgIpc) is 3.99. The van der Waals surface area contributed by atoms with Crippen LogP contribution < -0.4 is 0 Å². The summed E-state index contributed by atoms with van der Waals surface area (Å²) in [7, 11) is 0. The largest absolute Gasteiger partial charge is 0.208 e. The molecule has 288 valence electrons. The van der Waals surface area contributed by atoms with Crippen LogP contribution in [0.15, 0.2) is 212 Å². The summed E-state index contributed by atoms with van der Waals surface area (Å²) in [6, 6.07) is 76.7. The van der Waals surface area contributed by atoms with Gasteiger partial charge in [-0.15, -0.1) is 11.3 Å². The van der Waals surface area contributed by atoms with Crippen LogP contribution in [0.25, 0.3) is 98.8 Å². The predicted octanol–water partition coefficient (Wildman–Crippen LogP) is 14.9. The van der Waals surface area contributed by atoms with Gasteiger partial charge in [-0.2, -0.15) is 0 Å². The molecule has 2 aliphatic rings. The SMILES string of the molecule is c1ccc(-c2cc(-c3ccccc3)cc(-c3nc(-c4cccc5c4-c4ccccc4C54c5ccccc5-c5ccccc54)nc(-c4cccc5c4sc4ccccc45)n3)c2)cc1. The first-order valence-electron chi connectivity index (χ1n) is 21.1. The maximum Gasteiger partial charge on any atom is 0.165 e. The van der Waals surface area contributed by atoms with E-state index < -0.39 is 5.41 Å². The maximum atomic E-state index is 5.53. The molecule has 11 aromatic rings. The lowest BCUT2D eigenvalue weighted by molar-refractivity contribution is 0.794. The van der Waals surface area contributed by atoms with Crippen LogP contribution in [0.2, 0.25) is 0 Å². The van der Waals surface area contributed by atoms with Crippen LogP contribution in [-0.4, -0.2) is 15.0 Å². The molecule has 4 heteroatoms. The highest BCUT2D eigenvalue weighted by Gasteiger charge is 2.52. The van der Waals surface area contributed by atoms with E-state index in [2.05, 4.69) is 212 Å². The molecule has 0 bridgehead atoms. The minimum absolute atomic E-state index is 0.481. The third-order valence-corrected chi connectivity index (χ3v) is 14.2. The van der Waals surface area contributed by atoms with Gasteiger partial charge in [-0.1, -0.05) is 182 Å². The van der Waals surface area contributed by atoms with E-state index in [1.807, 2.05) is 0 Å². The van der Waals surface area contributed by atoms with Crippen molar-refractivity contribution < 1.29 is 0 Å². The fourth-order valence-electron chi connectivity index (χ4n) is 10.4. The molecule has 0 radical (unpaired) electrons. The fraction of sp³-hybridized carbons (Fsp3) is 0.0172. The quantitative estimate of drug-likeness (QED) is 0.174. The van der Waals surface area contributed by atoms with E-state index in [0.29, 0.717) is 17.5 Å². The first kappa shape index (κ1) is 35.0. The minimum Gasteiger partial charge on any atom is -0.208 e. The molecule has 0 N–H and O–H groups in total. The Morgan fingerprint density at radius 1 is 0.306 bits per heavy atom. The molecular weight excluding hydrogens is 771 g/mol. The highest BCUT2D eigenvalue weighted by molar-refractivity contribution is 7.26. The molecule has 13 rings (SSSR count). The summed E-state index contributed by atoms with van der Waals surface area (Å²) in [6.45, 7) is 0. The lowest BCUT2D eigenvalue weighted by atomic mass is 9.70. The van der Waals surface area contributed by atoms with E-state index in [0.717, 1.165) is 38.9 Å². The van der Waals surface area contributed by atoms with Crippen molar-refractivity contribution in [2.75, 3.05) is 0 Å². The second-order valence-corrected chi connectivity index (χ2v) is 17.3. The Balaban J connectivity index is 1.11. The Hall–Kier alpha value is -7.79. The normalized spacial score (nSPS) is 13.0. The molecule has 0 amide bonds. The Morgan fingerprint density at radius 2 is 0.758 bits per heavy atom. The highest BCUT2D eigenvalue weighted by atomic mass is 32.1. The minimum atomic E-state index is -0.481. The monoisotopic (exact) mass is 805 g/mol. The van der Waals surface area contributed by atoms with Gasteiger partial charge in [0.25, 0.3) is 0 Å². The Labute approximate surface area is 363 Å². The van der Waals surface area contributed by atoms with E-state index in [1.54, 1.807) is 11.3 Å². The smallest absolute Gasteiger partial charge is 0.165 e. The summed E-state index contributed by atoms with van der Waals surface area (Å²) < 4.78 is 2.41. The molecule has 3 nitrogen and oxygen atoms in total. The number of thiophene rings is 1. The maximum absolute atomic E-state index is 5.53. The third-order valence-electron chi connectivity index (χ3n) is 12.9. The molecule has 0 fully saturated rings. The lowest BCUT2D eigenvalue weighted by Gasteiger charge is -2.30. The zero-order valence-electron chi connectivity index (χ0n) is 33.5. The van der Waals surface area contributed by atoms with Gasteiger partial charge in [0.2, 0.25) is 0 Å². The van der Waals surface area contributed by atoms with E-state index in [9.17, 15) is 0 Å². The summed E-state index contributed by atoms with van der Waals surface area (Å²) >= 11 is 1.80. The average molecular weight is 806 g/mol. The fourth-order valence-corrected chi connectivity index (χ4v) is 11.6. The molecule has 0 aliphatic heterocycles. The molecular formula is C58H35N3S. The van der Waals surface area contributed by atoms with Gasteiger partial charge in [0.05, 0.1) is 5.41 Å². The summed E-state index contributed by atoms with van der Waals surface area (Å²) in [5.74, 6) is 1.94. The van der Waals surface area contributed by atoms with Gasteiger partial charge >= 0.3 is 0 Å². The zero-order chi connectivity index (χ0) is 40.8. The Kier molecular flexibility index (Phi) is 7.69. The van der Waals surface area contributed by atoms with Crippen molar-refractivity contribution in [3.05, 3.63) is 235 Å². The number of fused-ring (bicyclic) bond motifs is 13. The van der Waals surface area contributed by atoms with Crippen molar-refractivity contribution in [1.82, 2.24) is 15.0 Å². The standard InChI is InChI=1S/C58H35N3S/c1-3-17-36(18-4-1)38-33-39(37-19-5-2-6-20-37)35-40(34-38)55-59-56(61-57(60-55)47-27-15-25-44-43-23-10-14-32-52(43)62-54(44)47)46-26-16-31-51-53(46)45-24-9-13-30-50(45)58(51)48-28-11-7-21-41(48)42-22-8-12-29-49(42)58/h1-35H. The van der Waals surface area contributed by atoms with E-state index in [-0.39, 0.29) is 0 Å². The first-order chi connectivity index (χ1) is 30.7. The van der Waals surface area contributed by atoms with Crippen molar-refractivity contribution >= 4 is 31.5 Å². The van der Waals surface area contributed by atoms with Crippen molar-refractivity contribution in [2.24, 2.45) is 0 Å². The van der Waals surface area contributed by atoms with Gasteiger partial charge in [-0.3, -0.25) is 0 Å². The predicted molar refractivity (Wildman–Crippen MR) is 256 cm³/mol. The highest BCUT2D eigenvalue weighted by Crippen LogP contribution is 2.63. The molecule has 0 atom stereocenters. The molecule has 2 aliphatic carbocycles. The van der Waals surface area contributed by atoms with Crippen LogP contribution in [-0.2, 0) is 5.41 Å². The van der Waals surface area contributed by atoms with Crippen molar-refractivity contribution in [3.63, 3.8) is 0 Å². The molecule has 1 spiro atoms. The number of benzene rings is 9. The lowest BCUT2D eigenvalue weighted by Crippen LogP contribution is -2.25. The number of rotatable bonds is 5. The Bertz CT molecular complexity index is 3490. The zero-order valence-corrected chi connectivity index (χ0v) is 34.3. The van der Waals surface area contributed by atoms with Crippen LogP contribution >= 0.6 is 11.3 Å². The van der Waals surface area contributed by atoms with E-state index in [4.69, 9.17) is 15.0 Å². The van der Waals surface area contributed by atoms with Crippen molar-refractivity contribution in [2.45, 2.75) is 5.41 Å². The first-order valence-corrected chi connectivity index (χ1v) is 21.9.